The average molecular weight is 391 g/mol. The van der Waals surface area contributed by atoms with E-state index in [2.05, 4.69) is 20.1 Å². The smallest absolute Gasteiger partial charge is 0.253 e. The highest BCUT2D eigenvalue weighted by atomic mass is 16.5. The van der Waals surface area contributed by atoms with Gasteiger partial charge in [-0.1, -0.05) is 18.1 Å². The van der Waals surface area contributed by atoms with Gasteiger partial charge in [-0.05, 0) is 42.0 Å². The van der Waals surface area contributed by atoms with Crippen LogP contribution in [0.2, 0.25) is 0 Å². The molecule has 4 aromatic rings. The van der Waals surface area contributed by atoms with Gasteiger partial charge in [0.2, 0.25) is 11.7 Å². The third-order valence-corrected chi connectivity index (χ3v) is 4.53. The molecule has 1 amide bonds. The average Bonchev–Trinajstić information content (AvgIpc) is 3.40. The number of nitrogens with one attached hydrogen (secondary N) is 1. The lowest BCUT2D eigenvalue weighted by atomic mass is 10.1. The Morgan fingerprint density at radius 3 is 2.79 bits per heavy atom. The SMILES string of the molecule is CCc1nc(COc2ccc(C(=O)N(C)Cc3ccc4nc[nH]c4c3)cc2)no1. The number of benzene rings is 2. The number of aromatic nitrogens is 4. The first-order valence-corrected chi connectivity index (χ1v) is 9.34. The number of aromatic amines is 1. The van der Waals surface area contributed by atoms with E-state index >= 15 is 0 Å². The zero-order valence-electron chi connectivity index (χ0n) is 16.3. The molecule has 2 heterocycles. The Kier molecular flexibility index (Phi) is 5.24. The minimum atomic E-state index is -0.0630. The van der Waals surface area contributed by atoms with Crippen LogP contribution < -0.4 is 4.74 Å². The number of rotatable bonds is 7. The first-order chi connectivity index (χ1) is 14.1. The van der Waals surface area contributed by atoms with Crippen LogP contribution in [0.25, 0.3) is 11.0 Å². The minimum absolute atomic E-state index is 0.0630. The summed E-state index contributed by atoms with van der Waals surface area (Å²) in [5, 5.41) is 3.85. The highest BCUT2D eigenvalue weighted by Gasteiger charge is 2.13. The van der Waals surface area contributed by atoms with Gasteiger partial charge in [-0.3, -0.25) is 4.79 Å². The predicted octanol–water partition coefficient (Wildman–Crippen LogP) is 3.36. The van der Waals surface area contributed by atoms with Crippen molar-refractivity contribution in [3.05, 3.63) is 71.6 Å². The topological polar surface area (TPSA) is 97.1 Å². The molecule has 0 saturated heterocycles. The third kappa shape index (κ3) is 4.26. The summed E-state index contributed by atoms with van der Waals surface area (Å²) in [6.07, 6.45) is 2.35. The largest absolute Gasteiger partial charge is 0.485 e. The van der Waals surface area contributed by atoms with Gasteiger partial charge in [0.25, 0.3) is 5.91 Å². The Bertz CT molecular complexity index is 1120. The molecule has 1 N–H and O–H groups in total. The number of aryl methyl sites for hydroxylation is 1. The molecule has 29 heavy (non-hydrogen) atoms. The summed E-state index contributed by atoms with van der Waals surface area (Å²) in [7, 11) is 1.78. The van der Waals surface area contributed by atoms with Crippen LogP contribution in [0.1, 0.15) is 34.6 Å². The van der Waals surface area contributed by atoms with Crippen molar-refractivity contribution in [3.63, 3.8) is 0 Å². The molecule has 0 fully saturated rings. The highest BCUT2D eigenvalue weighted by molar-refractivity contribution is 5.94. The summed E-state index contributed by atoms with van der Waals surface area (Å²) in [5.74, 6) is 1.65. The molecule has 2 aromatic carbocycles. The summed E-state index contributed by atoms with van der Waals surface area (Å²) in [5.41, 5.74) is 3.49. The van der Waals surface area contributed by atoms with E-state index in [0.717, 1.165) is 16.6 Å². The summed E-state index contributed by atoms with van der Waals surface area (Å²) in [6.45, 7) is 2.66. The van der Waals surface area contributed by atoms with Gasteiger partial charge < -0.3 is 19.1 Å². The van der Waals surface area contributed by atoms with Gasteiger partial charge in [0.05, 0.1) is 17.4 Å². The molecule has 0 spiro atoms. The maximum atomic E-state index is 12.7. The maximum Gasteiger partial charge on any atom is 0.253 e. The van der Waals surface area contributed by atoms with Crippen LogP contribution in [0.4, 0.5) is 0 Å². The number of ether oxygens (including phenoxy) is 1. The van der Waals surface area contributed by atoms with Gasteiger partial charge in [-0.2, -0.15) is 4.98 Å². The summed E-state index contributed by atoms with van der Waals surface area (Å²) >= 11 is 0. The second-order valence-electron chi connectivity index (χ2n) is 6.69. The third-order valence-electron chi connectivity index (χ3n) is 4.53. The molecule has 0 atom stereocenters. The second-order valence-corrected chi connectivity index (χ2v) is 6.69. The van der Waals surface area contributed by atoms with Crippen LogP contribution in [0.5, 0.6) is 5.75 Å². The van der Waals surface area contributed by atoms with Crippen molar-refractivity contribution in [2.45, 2.75) is 26.5 Å². The minimum Gasteiger partial charge on any atom is -0.485 e. The number of nitrogens with zero attached hydrogens (tertiary/aromatic N) is 4. The Labute approximate surface area is 167 Å². The lowest BCUT2D eigenvalue weighted by molar-refractivity contribution is 0.0785. The fourth-order valence-electron chi connectivity index (χ4n) is 2.98. The lowest BCUT2D eigenvalue weighted by Crippen LogP contribution is -2.26. The van der Waals surface area contributed by atoms with Crippen molar-refractivity contribution in [1.82, 2.24) is 25.0 Å². The monoisotopic (exact) mass is 391 g/mol. The normalized spacial score (nSPS) is 11.0. The summed E-state index contributed by atoms with van der Waals surface area (Å²) in [4.78, 5) is 25.9. The standard InChI is InChI=1S/C21H21N5O3/c1-3-20-24-19(25-29-20)12-28-16-7-5-15(6-8-16)21(27)26(2)11-14-4-9-17-18(10-14)23-13-22-17/h4-10,13H,3,11-12H2,1-2H3,(H,22,23). The van der Waals surface area contributed by atoms with Gasteiger partial charge in [-0.25, -0.2) is 4.98 Å². The Balaban J connectivity index is 1.36. The number of hydrogen-bond acceptors (Lipinski definition) is 6. The number of H-pyrrole nitrogens is 1. The summed E-state index contributed by atoms with van der Waals surface area (Å²) in [6, 6.07) is 13.0. The van der Waals surface area contributed by atoms with E-state index in [1.807, 2.05) is 25.1 Å². The molecule has 0 aliphatic carbocycles. The van der Waals surface area contributed by atoms with Crippen LogP contribution in [0, 0.1) is 0 Å². The Morgan fingerprint density at radius 2 is 2.03 bits per heavy atom. The number of imidazole rings is 1. The quantitative estimate of drug-likeness (QED) is 0.519. The lowest BCUT2D eigenvalue weighted by Gasteiger charge is -2.17. The van der Waals surface area contributed by atoms with Gasteiger partial charge in [0.15, 0.2) is 6.61 Å². The Hall–Kier alpha value is -3.68. The Morgan fingerprint density at radius 1 is 1.21 bits per heavy atom. The number of carbonyl (C=O) groups is 1. The highest BCUT2D eigenvalue weighted by Crippen LogP contribution is 2.17. The van der Waals surface area contributed by atoms with E-state index in [1.54, 1.807) is 42.5 Å². The molecule has 8 heteroatoms. The van der Waals surface area contributed by atoms with E-state index < -0.39 is 0 Å². The number of amides is 1. The van der Waals surface area contributed by atoms with E-state index in [9.17, 15) is 4.79 Å². The van der Waals surface area contributed by atoms with Crippen molar-refractivity contribution < 1.29 is 14.1 Å². The maximum absolute atomic E-state index is 12.7. The van der Waals surface area contributed by atoms with Crippen molar-refractivity contribution in [2.24, 2.45) is 0 Å². The van der Waals surface area contributed by atoms with E-state index in [1.165, 1.54) is 0 Å². The molecule has 0 aliphatic rings. The molecule has 2 aromatic heterocycles. The van der Waals surface area contributed by atoms with Crippen molar-refractivity contribution >= 4 is 16.9 Å². The van der Waals surface area contributed by atoms with Gasteiger partial charge >= 0.3 is 0 Å². The van der Waals surface area contributed by atoms with Gasteiger partial charge in [-0.15, -0.1) is 0 Å². The molecule has 0 bridgehead atoms. The summed E-state index contributed by atoms with van der Waals surface area (Å²) < 4.78 is 10.7. The molecule has 8 nitrogen and oxygen atoms in total. The van der Waals surface area contributed by atoms with E-state index in [0.29, 0.717) is 36.0 Å². The molecule has 0 radical (unpaired) electrons. The first kappa shape index (κ1) is 18.7. The van der Waals surface area contributed by atoms with Crippen LogP contribution in [0.15, 0.2) is 53.3 Å². The van der Waals surface area contributed by atoms with Crippen LogP contribution >= 0.6 is 0 Å². The fraction of sp³-hybridized carbons (Fsp3) is 0.238. The first-order valence-electron chi connectivity index (χ1n) is 9.34. The molecule has 148 valence electrons. The van der Waals surface area contributed by atoms with Crippen molar-refractivity contribution in [1.29, 1.82) is 0 Å². The zero-order valence-corrected chi connectivity index (χ0v) is 16.3. The number of fused-ring (bicyclic) bond motifs is 1. The van der Waals surface area contributed by atoms with Crippen LogP contribution in [-0.2, 0) is 19.6 Å². The van der Waals surface area contributed by atoms with Crippen LogP contribution in [0.3, 0.4) is 0 Å². The molecule has 0 saturated carbocycles. The predicted molar refractivity (Wildman–Crippen MR) is 106 cm³/mol. The number of carbonyl (C=O) groups excluding carboxylic acids is 1. The fourth-order valence-corrected chi connectivity index (χ4v) is 2.98. The van der Waals surface area contributed by atoms with E-state index in [-0.39, 0.29) is 12.5 Å². The molecular formula is C21H21N5O3. The van der Waals surface area contributed by atoms with Gasteiger partial charge in [0.1, 0.15) is 5.75 Å². The molecule has 4 rings (SSSR count). The second kappa shape index (κ2) is 8.14. The zero-order chi connectivity index (χ0) is 20.2. The molecular weight excluding hydrogens is 370 g/mol. The van der Waals surface area contributed by atoms with Crippen molar-refractivity contribution in [2.75, 3.05) is 7.05 Å². The number of hydrogen-bond donors (Lipinski definition) is 1. The van der Waals surface area contributed by atoms with Crippen LogP contribution in [-0.4, -0.2) is 38.0 Å². The molecule has 0 unspecified atom stereocenters. The van der Waals surface area contributed by atoms with E-state index in [4.69, 9.17) is 9.26 Å². The van der Waals surface area contributed by atoms with Crippen molar-refractivity contribution in [3.8, 4) is 5.75 Å². The van der Waals surface area contributed by atoms with Gasteiger partial charge in [0, 0.05) is 25.6 Å². The molecule has 0 aliphatic heterocycles.